The number of fused-ring (bicyclic) bond motifs is 2. The summed E-state index contributed by atoms with van der Waals surface area (Å²) in [6.07, 6.45) is 0.724. The number of aromatic nitrogens is 2. The number of carbonyl (C=O) groups excluding carboxylic acids is 1. The molecule has 6 aromatic rings. The predicted molar refractivity (Wildman–Crippen MR) is 243 cm³/mol. The number of aliphatic hydroxyl groups excluding tert-OH is 1. The van der Waals surface area contributed by atoms with Crippen LogP contribution in [-0.2, 0) is 24.9 Å². The summed E-state index contributed by atoms with van der Waals surface area (Å²) in [4.78, 5) is 20.9. The number of hydrogen-bond donors (Lipinski definition) is 1. The predicted octanol–water partition coefficient (Wildman–Crippen LogP) is 13.9. The van der Waals surface area contributed by atoms with Crippen molar-refractivity contribution in [3.05, 3.63) is 137 Å². The van der Waals surface area contributed by atoms with Gasteiger partial charge in [-0.15, -0.1) is 69.8 Å². The van der Waals surface area contributed by atoms with Gasteiger partial charge in [-0.2, -0.15) is 13.2 Å². The van der Waals surface area contributed by atoms with Gasteiger partial charge in [-0.3, -0.25) is 4.79 Å². The molecule has 6 rings (SSSR count). The Labute approximate surface area is 370 Å². The normalized spacial score (nSPS) is 12.3. The van der Waals surface area contributed by atoms with Crippen molar-refractivity contribution < 1.29 is 43.2 Å². The number of aryl methyl sites for hydroxylation is 5. The first-order valence-electron chi connectivity index (χ1n) is 20.5. The number of ketones is 1. The fraction of sp³-hybridized carbons (Fsp3) is 0.353. The van der Waals surface area contributed by atoms with Gasteiger partial charge < -0.3 is 15.1 Å². The third kappa shape index (κ3) is 14.1. The van der Waals surface area contributed by atoms with Gasteiger partial charge in [0.25, 0.3) is 0 Å². The van der Waals surface area contributed by atoms with Crippen LogP contribution in [0.15, 0.2) is 97.0 Å². The maximum Gasteiger partial charge on any atom is 0.389 e. The number of rotatable bonds is 10. The summed E-state index contributed by atoms with van der Waals surface area (Å²) in [6.45, 7) is 22.9. The second-order valence-corrected chi connectivity index (χ2v) is 21.7. The monoisotopic (exact) mass is 1010 g/mol. The zero-order valence-corrected chi connectivity index (χ0v) is 40.3. The fourth-order valence-corrected chi connectivity index (χ4v) is 8.40. The van der Waals surface area contributed by atoms with Gasteiger partial charge in [0.1, 0.15) is 0 Å². The Morgan fingerprint density at radius 1 is 0.683 bits per heavy atom. The van der Waals surface area contributed by atoms with Gasteiger partial charge in [0.05, 0.1) is 20.3 Å². The molecule has 1 atom stereocenters. The third-order valence-corrected chi connectivity index (χ3v) is 12.5. The van der Waals surface area contributed by atoms with Gasteiger partial charge in [-0.25, -0.2) is 0 Å². The number of alkyl halides is 3. The SMILES string of the molecule is CCC(CC)C(=O)/C=C(\O)C(CC)CC(F)(F)F.Cc1[c-]c(-c2nccc3cc(C)ccc23)cc(C)c1.Cc1[c-]c(-c2nccc3cc([Si](C)(C)C)ccc23)cc(C)c1.[Ir]. The number of halogens is 3. The van der Waals surface area contributed by atoms with Crippen LogP contribution < -0.4 is 5.19 Å². The van der Waals surface area contributed by atoms with E-state index in [1.807, 2.05) is 26.2 Å². The number of allylic oxidation sites excluding steroid dienone is 2. The van der Waals surface area contributed by atoms with Crippen molar-refractivity contribution in [3.8, 4) is 22.5 Å². The molecule has 0 saturated heterocycles. The van der Waals surface area contributed by atoms with Gasteiger partial charge in [-0.1, -0.05) is 115 Å². The Balaban J connectivity index is 0.000000240. The number of benzene rings is 4. The van der Waals surface area contributed by atoms with E-state index >= 15 is 0 Å². The van der Waals surface area contributed by atoms with Crippen molar-refractivity contribution in [2.45, 2.75) is 107 Å². The molecular formula is C51H59F3IrN2O2Si-2. The van der Waals surface area contributed by atoms with Crippen LogP contribution in [-0.4, -0.2) is 35.1 Å². The van der Waals surface area contributed by atoms with E-state index in [1.54, 1.807) is 6.92 Å². The van der Waals surface area contributed by atoms with Crippen molar-refractivity contribution in [3.63, 3.8) is 0 Å². The molecule has 60 heavy (non-hydrogen) atoms. The molecule has 0 fully saturated rings. The molecule has 0 aliphatic heterocycles. The van der Waals surface area contributed by atoms with Crippen molar-refractivity contribution in [2.75, 3.05) is 0 Å². The molecule has 0 spiro atoms. The van der Waals surface area contributed by atoms with E-state index in [4.69, 9.17) is 0 Å². The van der Waals surface area contributed by atoms with Crippen LogP contribution in [0, 0.1) is 58.6 Å². The minimum Gasteiger partial charge on any atom is -0.512 e. The standard InChI is InChI=1S/C20H22NSi.C18H16N.C13H21F3O2.Ir/c1-14-10-15(2)12-17(11-14)20-19-7-6-18(22(3,4)5)13-16(19)8-9-21-20;1-12-4-5-17-15(9-12)6-7-19-18(17)16-10-13(2)8-14(3)11-16;1-4-9(5-2)11(17)7-12(18)10(6-3)8-13(14,15)16;/h6-11,13H,1-5H3;4-10H,1-3H3;7,9-10,18H,4-6,8H2,1-3H3;/q2*-1;;/b;;12-7-;. The van der Waals surface area contributed by atoms with Crippen molar-refractivity contribution in [1.29, 1.82) is 0 Å². The molecule has 1 radical (unpaired) electrons. The summed E-state index contributed by atoms with van der Waals surface area (Å²) in [5, 5.41) is 16.0. The van der Waals surface area contributed by atoms with E-state index in [-0.39, 0.29) is 38.2 Å². The van der Waals surface area contributed by atoms with E-state index in [1.165, 1.54) is 43.4 Å². The maximum absolute atomic E-state index is 12.3. The smallest absolute Gasteiger partial charge is 0.389 e. The van der Waals surface area contributed by atoms with Crippen LogP contribution >= 0.6 is 0 Å². The number of carbonyl (C=O) groups is 1. The van der Waals surface area contributed by atoms with Crippen LogP contribution in [0.3, 0.4) is 0 Å². The molecule has 1 unspecified atom stereocenters. The first kappa shape index (κ1) is 49.9. The van der Waals surface area contributed by atoms with E-state index in [0.29, 0.717) is 12.8 Å². The quantitative estimate of drug-likeness (QED) is 0.0643. The van der Waals surface area contributed by atoms with Gasteiger partial charge in [0.2, 0.25) is 0 Å². The average molecular weight is 1010 g/mol. The Kier molecular flexibility index (Phi) is 18.2. The van der Waals surface area contributed by atoms with Crippen LogP contribution in [0.5, 0.6) is 0 Å². The molecule has 4 nitrogen and oxygen atoms in total. The second kappa shape index (κ2) is 21.9. The zero-order chi connectivity index (χ0) is 43.7. The molecule has 0 aliphatic carbocycles. The Morgan fingerprint density at radius 2 is 1.15 bits per heavy atom. The van der Waals surface area contributed by atoms with E-state index in [9.17, 15) is 23.1 Å². The van der Waals surface area contributed by atoms with Gasteiger partial charge in [-0.05, 0) is 71.3 Å². The summed E-state index contributed by atoms with van der Waals surface area (Å²) in [6, 6.07) is 33.0. The third-order valence-electron chi connectivity index (χ3n) is 10.4. The van der Waals surface area contributed by atoms with Crippen molar-refractivity contribution in [2.24, 2.45) is 11.8 Å². The molecule has 0 aliphatic rings. The van der Waals surface area contributed by atoms with Crippen LogP contribution in [0.25, 0.3) is 44.1 Å². The Hall–Kier alpha value is -4.43. The average Bonchev–Trinajstić information content (AvgIpc) is 3.15. The van der Waals surface area contributed by atoms with Gasteiger partial charge >= 0.3 is 6.18 Å². The number of aliphatic hydroxyl groups is 1. The summed E-state index contributed by atoms with van der Waals surface area (Å²) in [5.74, 6) is -2.00. The van der Waals surface area contributed by atoms with Crippen molar-refractivity contribution in [1.82, 2.24) is 9.97 Å². The summed E-state index contributed by atoms with van der Waals surface area (Å²) in [5.41, 5.74) is 10.3. The minimum absolute atomic E-state index is 0. The molecule has 321 valence electrons. The van der Waals surface area contributed by atoms with Crippen molar-refractivity contribution >= 4 is 40.6 Å². The van der Waals surface area contributed by atoms with E-state index in [2.05, 4.69) is 149 Å². The topological polar surface area (TPSA) is 63.1 Å². The molecule has 0 bridgehead atoms. The zero-order valence-electron chi connectivity index (χ0n) is 36.9. The number of pyridine rings is 2. The van der Waals surface area contributed by atoms with Crippen LogP contribution in [0.4, 0.5) is 13.2 Å². The maximum atomic E-state index is 12.3. The van der Waals surface area contributed by atoms with Gasteiger partial charge in [0.15, 0.2) is 5.78 Å². The summed E-state index contributed by atoms with van der Waals surface area (Å²) in [7, 11) is -1.29. The molecule has 2 heterocycles. The summed E-state index contributed by atoms with van der Waals surface area (Å²) < 4.78 is 36.8. The molecule has 4 aromatic carbocycles. The van der Waals surface area contributed by atoms with Crippen LogP contribution in [0.1, 0.15) is 74.3 Å². The fourth-order valence-electron chi connectivity index (χ4n) is 7.23. The molecule has 0 saturated carbocycles. The summed E-state index contributed by atoms with van der Waals surface area (Å²) >= 11 is 0. The molecule has 9 heteroatoms. The van der Waals surface area contributed by atoms with Gasteiger partial charge in [0, 0.05) is 50.4 Å². The second-order valence-electron chi connectivity index (χ2n) is 16.6. The molecule has 2 aromatic heterocycles. The first-order chi connectivity index (χ1) is 27.7. The van der Waals surface area contributed by atoms with E-state index in [0.717, 1.165) is 39.7 Å². The van der Waals surface area contributed by atoms with Crippen LogP contribution in [0.2, 0.25) is 19.6 Å². The Morgan fingerprint density at radius 3 is 1.58 bits per heavy atom. The first-order valence-corrected chi connectivity index (χ1v) is 24.0. The minimum atomic E-state index is -4.33. The molecular weight excluding hydrogens is 950 g/mol. The largest absolute Gasteiger partial charge is 0.512 e. The number of hydrogen-bond acceptors (Lipinski definition) is 4. The number of nitrogens with zero attached hydrogens (tertiary/aromatic N) is 2. The molecule has 0 amide bonds. The van der Waals surface area contributed by atoms with E-state index < -0.39 is 32.3 Å². The Bertz CT molecular complexity index is 2380. The molecule has 1 N–H and O–H groups in total.